The van der Waals surface area contributed by atoms with Gasteiger partial charge in [-0.05, 0) is 62.6 Å². The molecular weight excluding hydrogens is 246 g/mol. The van der Waals surface area contributed by atoms with Gasteiger partial charge in [0.25, 0.3) is 0 Å². The van der Waals surface area contributed by atoms with E-state index in [1.165, 1.54) is 43.2 Å². The zero-order valence-electron chi connectivity index (χ0n) is 12.8. The summed E-state index contributed by atoms with van der Waals surface area (Å²) in [6, 6.07) is 9.48. The van der Waals surface area contributed by atoms with Crippen LogP contribution >= 0.6 is 0 Å². The number of rotatable bonds is 4. The van der Waals surface area contributed by atoms with E-state index in [1.807, 2.05) is 0 Å². The van der Waals surface area contributed by atoms with Crippen molar-refractivity contribution in [3.8, 4) is 0 Å². The zero-order valence-corrected chi connectivity index (χ0v) is 12.8. The van der Waals surface area contributed by atoms with Gasteiger partial charge in [0.2, 0.25) is 0 Å². The van der Waals surface area contributed by atoms with Crippen molar-refractivity contribution in [1.82, 2.24) is 5.32 Å². The SMILES string of the molecule is CCNC1c2ccccc2CCC1CC1CCC(C)O1. The van der Waals surface area contributed by atoms with Gasteiger partial charge in [-0.15, -0.1) is 0 Å². The van der Waals surface area contributed by atoms with Crippen molar-refractivity contribution in [2.45, 2.75) is 64.2 Å². The van der Waals surface area contributed by atoms with Crippen LogP contribution in [-0.2, 0) is 11.2 Å². The smallest absolute Gasteiger partial charge is 0.0583 e. The highest BCUT2D eigenvalue weighted by atomic mass is 16.5. The number of nitrogens with one attached hydrogen (secondary N) is 1. The quantitative estimate of drug-likeness (QED) is 0.899. The third-order valence-electron chi connectivity index (χ3n) is 4.96. The first kappa shape index (κ1) is 14.1. The van der Waals surface area contributed by atoms with Gasteiger partial charge in [-0.3, -0.25) is 0 Å². The first-order chi connectivity index (χ1) is 9.78. The maximum absolute atomic E-state index is 6.05. The van der Waals surface area contributed by atoms with Crippen LogP contribution in [0.2, 0.25) is 0 Å². The summed E-state index contributed by atoms with van der Waals surface area (Å²) in [5.74, 6) is 0.722. The summed E-state index contributed by atoms with van der Waals surface area (Å²) in [7, 11) is 0. The fourth-order valence-electron chi connectivity index (χ4n) is 3.97. The first-order valence-electron chi connectivity index (χ1n) is 8.24. The summed E-state index contributed by atoms with van der Waals surface area (Å²) in [6.07, 6.45) is 7.18. The molecule has 4 unspecified atom stereocenters. The van der Waals surface area contributed by atoms with Crippen LogP contribution in [0.3, 0.4) is 0 Å². The van der Waals surface area contributed by atoms with Crippen LogP contribution in [0.4, 0.5) is 0 Å². The summed E-state index contributed by atoms with van der Waals surface area (Å²) in [4.78, 5) is 0. The Morgan fingerprint density at radius 2 is 2.05 bits per heavy atom. The summed E-state index contributed by atoms with van der Waals surface area (Å²) >= 11 is 0. The molecule has 1 heterocycles. The van der Waals surface area contributed by atoms with E-state index >= 15 is 0 Å². The maximum atomic E-state index is 6.05. The average Bonchev–Trinajstić information content (AvgIpc) is 2.87. The van der Waals surface area contributed by atoms with Gasteiger partial charge in [0.1, 0.15) is 0 Å². The molecule has 3 rings (SSSR count). The summed E-state index contributed by atoms with van der Waals surface area (Å²) in [5.41, 5.74) is 3.06. The van der Waals surface area contributed by atoms with Gasteiger partial charge in [-0.1, -0.05) is 31.2 Å². The molecule has 2 aliphatic rings. The molecule has 2 heteroatoms. The Labute approximate surface area is 122 Å². The standard InChI is InChI=1S/C18H27NO/c1-3-19-18-15(12-16-11-8-13(2)20-16)10-9-14-6-4-5-7-17(14)18/h4-7,13,15-16,18-19H,3,8-12H2,1-2H3. The number of fused-ring (bicyclic) bond motifs is 1. The fraction of sp³-hybridized carbons (Fsp3) is 0.667. The minimum absolute atomic E-state index is 0.466. The molecule has 1 saturated heterocycles. The lowest BCUT2D eigenvalue weighted by molar-refractivity contribution is 0.0347. The molecule has 0 bridgehead atoms. The number of hydrogen-bond donors (Lipinski definition) is 1. The van der Waals surface area contributed by atoms with Crippen molar-refractivity contribution >= 4 is 0 Å². The number of ether oxygens (including phenoxy) is 1. The molecule has 0 amide bonds. The van der Waals surface area contributed by atoms with Crippen molar-refractivity contribution in [3.63, 3.8) is 0 Å². The molecular formula is C18H27NO. The van der Waals surface area contributed by atoms with Gasteiger partial charge in [0.15, 0.2) is 0 Å². The Hall–Kier alpha value is -0.860. The fourth-order valence-corrected chi connectivity index (χ4v) is 3.97. The second kappa shape index (κ2) is 6.28. The number of benzene rings is 1. The molecule has 0 radical (unpaired) electrons. The highest BCUT2D eigenvalue weighted by Gasteiger charge is 2.32. The van der Waals surface area contributed by atoms with Crippen LogP contribution in [0, 0.1) is 5.92 Å². The van der Waals surface area contributed by atoms with Crippen LogP contribution in [0.5, 0.6) is 0 Å². The Kier molecular flexibility index (Phi) is 4.42. The lowest BCUT2D eigenvalue weighted by Crippen LogP contribution is -2.34. The molecule has 1 aromatic carbocycles. The third kappa shape index (κ3) is 2.91. The molecule has 2 nitrogen and oxygen atoms in total. The Morgan fingerprint density at radius 1 is 1.20 bits per heavy atom. The molecule has 1 fully saturated rings. The summed E-state index contributed by atoms with van der Waals surface area (Å²) in [5, 5.41) is 3.72. The average molecular weight is 273 g/mol. The topological polar surface area (TPSA) is 21.3 Å². The zero-order chi connectivity index (χ0) is 13.9. The molecule has 1 N–H and O–H groups in total. The van der Waals surface area contributed by atoms with Crippen LogP contribution in [0.15, 0.2) is 24.3 Å². The molecule has 4 atom stereocenters. The van der Waals surface area contributed by atoms with Crippen LogP contribution in [-0.4, -0.2) is 18.8 Å². The Bertz CT molecular complexity index is 445. The summed E-state index contributed by atoms with van der Waals surface area (Å²) < 4.78 is 6.05. The van der Waals surface area contributed by atoms with Crippen molar-refractivity contribution in [1.29, 1.82) is 0 Å². The first-order valence-corrected chi connectivity index (χ1v) is 8.24. The molecule has 1 aliphatic carbocycles. The molecule has 1 aliphatic heterocycles. The minimum Gasteiger partial charge on any atom is -0.375 e. The van der Waals surface area contributed by atoms with E-state index in [2.05, 4.69) is 43.4 Å². The van der Waals surface area contributed by atoms with Crippen molar-refractivity contribution in [2.24, 2.45) is 5.92 Å². The normalized spacial score (nSPS) is 33.1. The lowest BCUT2D eigenvalue weighted by Gasteiger charge is -2.35. The Morgan fingerprint density at radius 3 is 2.80 bits per heavy atom. The highest BCUT2D eigenvalue weighted by molar-refractivity contribution is 5.33. The number of aryl methyl sites for hydroxylation is 1. The van der Waals surface area contributed by atoms with Gasteiger partial charge in [0.05, 0.1) is 12.2 Å². The lowest BCUT2D eigenvalue weighted by atomic mass is 9.77. The predicted molar refractivity (Wildman–Crippen MR) is 82.9 cm³/mol. The monoisotopic (exact) mass is 273 g/mol. The van der Waals surface area contributed by atoms with Gasteiger partial charge in [0, 0.05) is 6.04 Å². The minimum atomic E-state index is 0.466. The molecule has 110 valence electrons. The van der Waals surface area contributed by atoms with E-state index in [9.17, 15) is 0 Å². The van der Waals surface area contributed by atoms with E-state index in [-0.39, 0.29) is 0 Å². The van der Waals surface area contributed by atoms with Crippen molar-refractivity contribution in [3.05, 3.63) is 35.4 Å². The van der Waals surface area contributed by atoms with Crippen LogP contribution < -0.4 is 5.32 Å². The Balaban J connectivity index is 1.74. The molecule has 0 aromatic heterocycles. The third-order valence-corrected chi connectivity index (χ3v) is 4.96. The van der Waals surface area contributed by atoms with Crippen LogP contribution in [0.25, 0.3) is 0 Å². The highest BCUT2D eigenvalue weighted by Crippen LogP contribution is 2.39. The van der Waals surface area contributed by atoms with Crippen molar-refractivity contribution in [2.75, 3.05) is 6.54 Å². The van der Waals surface area contributed by atoms with Gasteiger partial charge >= 0.3 is 0 Å². The van der Waals surface area contributed by atoms with Crippen LogP contribution in [0.1, 0.15) is 56.7 Å². The van der Waals surface area contributed by atoms with E-state index in [0.717, 1.165) is 12.5 Å². The van der Waals surface area contributed by atoms with Gasteiger partial charge in [-0.2, -0.15) is 0 Å². The van der Waals surface area contributed by atoms with E-state index in [1.54, 1.807) is 0 Å². The van der Waals surface area contributed by atoms with E-state index in [4.69, 9.17) is 4.74 Å². The van der Waals surface area contributed by atoms with E-state index in [0.29, 0.717) is 18.2 Å². The van der Waals surface area contributed by atoms with Crippen molar-refractivity contribution < 1.29 is 4.74 Å². The second-order valence-corrected chi connectivity index (χ2v) is 6.41. The molecule has 0 saturated carbocycles. The largest absolute Gasteiger partial charge is 0.375 e. The maximum Gasteiger partial charge on any atom is 0.0583 e. The van der Waals surface area contributed by atoms with Gasteiger partial charge < -0.3 is 10.1 Å². The molecule has 1 aromatic rings. The molecule has 20 heavy (non-hydrogen) atoms. The second-order valence-electron chi connectivity index (χ2n) is 6.41. The predicted octanol–water partition coefficient (Wildman–Crippen LogP) is 3.86. The van der Waals surface area contributed by atoms with E-state index < -0.39 is 0 Å². The summed E-state index contributed by atoms with van der Waals surface area (Å²) in [6.45, 7) is 5.46. The molecule has 0 spiro atoms. The van der Waals surface area contributed by atoms with Gasteiger partial charge in [-0.25, -0.2) is 0 Å². The number of hydrogen-bond acceptors (Lipinski definition) is 2.